The predicted octanol–water partition coefficient (Wildman–Crippen LogP) is 4.79. The van der Waals surface area contributed by atoms with E-state index in [2.05, 4.69) is 48.3 Å². The van der Waals surface area contributed by atoms with E-state index >= 15 is 0 Å². The minimum atomic E-state index is -0.549. The number of piperidine rings is 1. The Morgan fingerprint density at radius 3 is 2.53 bits per heavy atom. The highest BCUT2D eigenvalue weighted by molar-refractivity contribution is 5.99. The lowest BCUT2D eigenvalue weighted by molar-refractivity contribution is -0.125. The summed E-state index contributed by atoms with van der Waals surface area (Å²) in [4.78, 5) is 15.9. The molecule has 2 saturated heterocycles. The van der Waals surface area contributed by atoms with Crippen LogP contribution >= 0.6 is 0 Å². The lowest BCUT2D eigenvalue weighted by atomic mass is 9.73. The molecule has 2 fully saturated rings. The van der Waals surface area contributed by atoms with Crippen molar-refractivity contribution in [2.45, 2.75) is 44.9 Å². The van der Waals surface area contributed by atoms with Crippen LogP contribution in [0.3, 0.4) is 0 Å². The molecule has 2 aliphatic rings. The molecule has 2 aromatic carbocycles. The van der Waals surface area contributed by atoms with Gasteiger partial charge in [0, 0.05) is 32.0 Å². The van der Waals surface area contributed by atoms with E-state index in [4.69, 9.17) is 9.47 Å². The van der Waals surface area contributed by atoms with Gasteiger partial charge in [0.15, 0.2) is 0 Å². The van der Waals surface area contributed by atoms with Crippen LogP contribution in [0, 0.1) is 12.8 Å². The molecule has 1 N–H and O–H groups in total. The van der Waals surface area contributed by atoms with Gasteiger partial charge in [0.25, 0.3) is 0 Å². The minimum absolute atomic E-state index is 0.0394. The smallest absolute Gasteiger partial charge is 0.235 e. The number of hydrogen-bond donors (Lipinski definition) is 1. The van der Waals surface area contributed by atoms with E-state index in [0.29, 0.717) is 32.7 Å². The Morgan fingerprint density at radius 2 is 1.84 bits per heavy atom. The highest BCUT2D eigenvalue weighted by atomic mass is 16.5. The van der Waals surface area contributed by atoms with Crippen LogP contribution in [0.5, 0.6) is 5.75 Å². The fraction of sp³-hybridized carbons (Fsp3) is 0.519. The summed E-state index contributed by atoms with van der Waals surface area (Å²) in [6.45, 7) is 9.59. The molecule has 0 saturated carbocycles. The number of likely N-dealkylation sites (tertiary alicyclic amines) is 1. The average molecular weight is 437 g/mol. The predicted molar refractivity (Wildman–Crippen MR) is 128 cm³/mol. The molecule has 0 radical (unpaired) electrons. The van der Waals surface area contributed by atoms with Gasteiger partial charge < -0.3 is 14.8 Å². The van der Waals surface area contributed by atoms with Crippen LogP contribution in [0.15, 0.2) is 48.5 Å². The summed E-state index contributed by atoms with van der Waals surface area (Å²) in [5.74, 6) is 1.66. The maximum absolute atomic E-state index is 13.4. The Morgan fingerprint density at radius 1 is 1.12 bits per heavy atom. The molecule has 0 spiro atoms. The van der Waals surface area contributed by atoms with Crippen molar-refractivity contribution in [1.82, 2.24) is 4.90 Å². The van der Waals surface area contributed by atoms with Crippen LogP contribution in [0.2, 0.25) is 0 Å². The van der Waals surface area contributed by atoms with Crippen molar-refractivity contribution in [2.24, 2.45) is 5.92 Å². The van der Waals surface area contributed by atoms with Crippen LogP contribution in [-0.2, 0) is 14.9 Å². The van der Waals surface area contributed by atoms with E-state index in [-0.39, 0.29) is 5.91 Å². The third-order valence-electron chi connectivity index (χ3n) is 6.91. The van der Waals surface area contributed by atoms with Gasteiger partial charge >= 0.3 is 0 Å². The summed E-state index contributed by atoms with van der Waals surface area (Å²) in [5, 5.41) is 3.15. The Bertz CT molecular complexity index is 873. The molecule has 2 aliphatic heterocycles. The number of amides is 1. The third kappa shape index (κ3) is 5.51. The molecular formula is C27H36N2O3. The van der Waals surface area contributed by atoms with Gasteiger partial charge in [-0.25, -0.2) is 0 Å². The third-order valence-corrected chi connectivity index (χ3v) is 6.91. The van der Waals surface area contributed by atoms with E-state index < -0.39 is 5.41 Å². The number of anilines is 1. The van der Waals surface area contributed by atoms with Crippen LogP contribution in [0.25, 0.3) is 0 Å². The quantitative estimate of drug-likeness (QED) is 0.678. The lowest BCUT2D eigenvalue weighted by Gasteiger charge is -2.36. The summed E-state index contributed by atoms with van der Waals surface area (Å²) in [6, 6.07) is 16.1. The van der Waals surface area contributed by atoms with Gasteiger partial charge in [-0.3, -0.25) is 9.69 Å². The molecule has 0 aliphatic carbocycles. The molecule has 5 heteroatoms. The first-order valence-electron chi connectivity index (χ1n) is 12.0. The van der Waals surface area contributed by atoms with E-state index in [0.717, 1.165) is 29.5 Å². The fourth-order valence-corrected chi connectivity index (χ4v) is 4.91. The van der Waals surface area contributed by atoms with Crippen molar-refractivity contribution in [3.8, 4) is 5.75 Å². The zero-order valence-corrected chi connectivity index (χ0v) is 19.4. The van der Waals surface area contributed by atoms with E-state index in [1.54, 1.807) is 0 Å². The Balaban J connectivity index is 1.35. The van der Waals surface area contributed by atoms with Gasteiger partial charge in [0.2, 0.25) is 5.91 Å². The number of nitrogens with zero attached hydrogens (tertiary/aromatic N) is 1. The van der Waals surface area contributed by atoms with Crippen LogP contribution in [0.4, 0.5) is 5.69 Å². The molecule has 1 amide bonds. The zero-order valence-electron chi connectivity index (χ0n) is 19.4. The largest absolute Gasteiger partial charge is 0.492 e. The number of hydrogen-bond acceptors (Lipinski definition) is 4. The summed E-state index contributed by atoms with van der Waals surface area (Å²) in [6.07, 6.45) is 4.00. The molecule has 172 valence electrons. The summed E-state index contributed by atoms with van der Waals surface area (Å²) < 4.78 is 11.5. The van der Waals surface area contributed by atoms with Gasteiger partial charge in [-0.05, 0) is 74.9 Å². The molecule has 2 heterocycles. The molecular weight excluding hydrogens is 400 g/mol. The molecule has 5 nitrogen and oxygen atoms in total. The van der Waals surface area contributed by atoms with Gasteiger partial charge in [-0.1, -0.05) is 36.8 Å². The number of carbonyl (C=O) groups excluding carboxylic acids is 1. The van der Waals surface area contributed by atoms with Gasteiger partial charge in [-0.2, -0.15) is 0 Å². The highest BCUT2D eigenvalue weighted by Crippen LogP contribution is 2.36. The van der Waals surface area contributed by atoms with Crippen molar-refractivity contribution in [2.75, 3.05) is 44.8 Å². The first-order chi connectivity index (χ1) is 15.5. The van der Waals surface area contributed by atoms with E-state index in [1.807, 2.05) is 24.3 Å². The van der Waals surface area contributed by atoms with Crippen molar-refractivity contribution >= 4 is 11.6 Å². The van der Waals surface area contributed by atoms with Crippen molar-refractivity contribution in [1.29, 1.82) is 0 Å². The topological polar surface area (TPSA) is 50.8 Å². The number of aryl methyl sites for hydroxylation is 1. The molecule has 0 aromatic heterocycles. The van der Waals surface area contributed by atoms with Gasteiger partial charge in [-0.15, -0.1) is 0 Å². The number of nitrogens with one attached hydrogen (secondary N) is 1. The number of carbonyl (C=O) groups is 1. The molecule has 1 atom stereocenters. The Labute approximate surface area is 192 Å². The van der Waals surface area contributed by atoms with Crippen LogP contribution < -0.4 is 10.1 Å². The van der Waals surface area contributed by atoms with Gasteiger partial charge in [0.05, 0.1) is 5.41 Å². The van der Waals surface area contributed by atoms with E-state index in [1.165, 1.54) is 31.5 Å². The maximum Gasteiger partial charge on any atom is 0.235 e. The first-order valence-corrected chi connectivity index (χ1v) is 12.0. The zero-order chi connectivity index (χ0) is 22.4. The monoisotopic (exact) mass is 436 g/mol. The van der Waals surface area contributed by atoms with Crippen molar-refractivity contribution in [3.05, 3.63) is 59.7 Å². The molecule has 4 rings (SSSR count). The first kappa shape index (κ1) is 22.8. The van der Waals surface area contributed by atoms with Crippen LogP contribution in [0.1, 0.15) is 43.7 Å². The highest BCUT2D eigenvalue weighted by Gasteiger charge is 2.41. The SMILES string of the molecule is Cc1ccc(C2(C(=O)Nc3ccc(OCCN4CCCC(C)C4)cc3)CCOCC2)cc1. The molecule has 0 bridgehead atoms. The summed E-state index contributed by atoms with van der Waals surface area (Å²) in [7, 11) is 0. The molecule has 1 unspecified atom stereocenters. The molecule has 32 heavy (non-hydrogen) atoms. The van der Waals surface area contributed by atoms with E-state index in [9.17, 15) is 4.79 Å². The van der Waals surface area contributed by atoms with Gasteiger partial charge in [0.1, 0.15) is 12.4 Å². The Hall–Kier alpha value is -2.37. The number of benzene rings is 2. The molecule has 2 aromatic rings. The lowest BCUT2D eigenvalue weighted by Crippen LogP contribution is -2.44. The average Bonchev–Trinajstić information content (AvgIpc) is 2.81. The standard InChI is InChI=1S/C27H36N2O3/c1-21-5-7-23(8-6-21)27(13-17-31-18-14-27)26(30)28-24-9-11-25(12-10-24)32-19-16-29-15-3-4-22(2)20-29/h5-12,22H,3-4,13-20H2,1-2H3,(H,28,30). The maximum atomic E-state index is 13.4. The van der Waals surface area contributed by atoms with Crippen LogP contribution in [-0.4, -0.2) is 50.3 Å². The second-order valence-corrected chi connectivity index (χ2v) is 9.44. The summed E-state index contributed by atoms with van der Waals surface area (Å²) >= 11 is 0. The second kappa shape index (κ2) is 10.5. The fourth-order valence-electron chi connectivity index (χ4n) is 4.91. The van der Waals surface area contributed by atoms with Crippen molar-refractivity contribution in [3.63, 3.8) is 0 Å². The minimum Gasteiger partial charge on any atom is -0.492 e. The second-order valence-electron chi connectivity index (χ2n) is 9.44. The normalized spacial score (nSPS) is 21.1. The number of rotatable bonds is 7. The number of ether oxygens (including phenoxy) is 2. The Kier molecular flexibility index (Phi) is 7.48. The van der Waals surface area contributed by atoms with Crippen molar-refractivity contribution < 1.29 is 14.3 Å². The summed E-state index contributed by atoms with van der Waals surface area (Å²) in [5.41, 5.74) is 2.51.